The summed E-state index contributed by atoms with van der Waals surface area (Å²) in [5.74, 6) is 0.345. The third kappa shape index (κ3) is 4.13. The summed E-state index contributed by atoms with van der Waals surface area (Å²) in [6.07, 6.45) is 0. The van der Waals surface area contributed by atoms with Gasteiger partial charge in [0.25, 0.3) is 5.69 Å². The van der Waals surface area contributed by atoms with Crippen LogP contribution in [0.2, 0.25) is 0 Å². The van der Waals surface area contributed by atoms with Gasteiger partial charge in [-0.05, 0) is 11.5 Å². The van der Waals surface area contributed by atoms with Gasteiger partial charge in [-0.25, -0.2) is 0 Å². The van der Waals surface area contributed by atoms with E-state index in [0.29, 0.717) is 12.5 Å². The van der Waals surface area contributed by atoms with E-state index in [1.165, 1.54) is 12.1 Å². The fraction of sp³-hybridized carbons (Fsp3) is 0.500. The Morgan fingerprint density at radius 1 is 1.35 bits per heavy atom. The Labute approximate surface area is 101 Å². The molecular formula is C12H18N2O3. The van der Waals surface area contributed by atoms with Crippen molar-refractivity contribution in [3.05, 3.63) is 39.9 Å². The molecule has 0 bridgehead atoms. The van der Waals surface area contributed by atoms with Gasteiger partial charge in [0.2, 0.25) is 0 Å². The number of hydrogen-bond acceptors (Lipinski definition) is 4. The molecule has 0 aromatic heterocycles. The Morgan fingerprint density at radius 3 is 2.35 bits per heavy atom. The number of nitrogens with zero attached hydrogens (tertiary/aromatic N) is 1. The van der Waals surface area contributed by atoms with E-state index in [1.54, 1.807) is 12.1 Å². The molecular weight excluding hydrogens is 220 g/mol. The summed E-state index contributed by atoms with van der Waals surface area (Å²) in [7, 11) is 0. The van der Waals surface area contributed by atoms with Crippen LogP contribution in [0.15, 0.2) is 24.3 Å². The van der Waals surface area contributed by atoms with Crippen molar-refractivity contribution in [1.82, 2.24) is 5.32 Å². The van der Waals surface area contributed by atoms with Crippen molar-refractivity contribution in [1.29, 1.82) is 0 Å². The van der Waals surface area contributed by atoms with Gasteiger partial charge in [0.1, 0.15) is 0 Å². The van der Waals surface area contributed by atoms with E-state index in [4.69, 9.17) is 5.11 Å². The molecule has 5 heteroatoms. The van der Waals surface area contributed by atoms with Crippen molar-refractivity contribution < 1.29 is 10.0 Å². The zero-order valence-corrected chi connectivity index (χ0v) is 10.1. The first kappa shape index (κ1) is 13.6. The summed E-state index contributed by atoms with van der Waals surface area (Å²) in [6.45, 7) is 4.75. The predicted molar refractivity (Wildman–Crippen MR) is 65.6 cm³/mol. The Bertz CT molecular complexity index is 363. The van der Waals surface area contributed by atoms with Gasteiger partial charge in [0.05, 0.1) is 11.5 Å². The number of rotatable bonds is 6. The van der Waals surface area contributed by atoms with Crippen molar-refractivity contribution in [2.24, 2.45) is 5.92 Å². The first-order chi connectivity index (χ1) is 8.04. The lowest BCUT2D eigenvalue weighted by molar-refractivity contribution is -0.384. The smallest absolute Gasteiger partial charge is 0.269 e. The van der Waals surface area contributed by atoms with E-state index < -0.39 is 4.92 Å². The molecule has 1 atom stereocenters. The molecule has 2 N–H and O–H groups in total. The maximum Gasteiger partial charge on any atom is 0.269 e. The Balaban J connectivity index is 2.55. The third-order valence-electron chi connectivity index (χ3n) is 2.72. The van der Waals surface area contributed by atoms with E-state index in [9.17, 15) is 10.1 Å². The summed E-state index contributed by atoms with van der Waals surface area (Å²) >= 11 is 0. The lowest BCUT2D eigenvalue weighted by Crippen LogP contribution is -2.36. The number of aliphatic hydroxyl groups is 1. The monoisotopic (exact) mass is 238 g/mol. The maximum absolute atomic E-state index is 10.5. The molecule has 0 aliphatic heterocycles. The van der Waals surface area contributed by atoms with Crippen LogP contribution in [0.4, 0.5) is 5.69 Å². The number of benzene rings is 1. The number of aliphatic hydroxyl groups excluding tert-OH is 1. The molecule has 0 amide bonds. The van der Waals surface area contributed by atoms with E-state index in [1.807, 2.05) is 13.8 Å². The van der Waals surface area contributed by atoms with Crippen LogP contribution in [0.3, 0.4) is 0 Å². The van der Waals surface area contributed by atoms with Crippen molar-refractivity contribution in [3.63, 3.8) is 0 Å². The standard InChI is InChI=1S/C12H18N2O3/c1-9(2)12(8-15)13-7-10-3-5-11(6-4-10)14(16)17/h3-6,9,12-13,15H,7-8H2,1-2H3/t12-/m1/s1. The molecule has 0 fully saturated rings. The molecule has 0 spiro atoms. The molecule has 5 nitrogen and oxygen atoms in total. The molecule has 0 aliphatic carbocycles. The molecule has 0 aliphatic rings. The van der Waals surface area contributed by atoms with Gasteiger partial charge in [0.15, 0.2) is 0 Å². The lowest BCUT2D eigenvalue weighted by Gasteiger charge is -2.19. The second-order valence-corrected chi connectivity index (χ2v) is 4.34. The molecule has 1 aromatic carbocycles. The zero-order chi connectivity index (χ0) is 12.8. The van der Waals surface area contributed by atoms with Crippen molar-refractivity contribution in [2.75, 3.05) is 6.61 Å². The predicted octanol–water partition coefficient (Wildman–Crippen LogP) is 1.70. The van der Waals surface area contributed by atoms with Gasteiger partial charge in [0, 0.05) is 24.7 Å². The summed E-state index contributed by atoms with van der Waals surface area (Å²) in [4.78, 5) is 10.1. The highest BCUT2D eigenvalue weighted by atomic mass is 16.6. The first-order valence-electron chi connectivity index (χ1n) is 5.62. The molecule has 1 aromatic rings. The number of non-ortho nitro benzene ring substituents is 1. The topological polar surface area (TPSA) is 75.4 Å². The van der Waals surface area contributed by atoms with Gasteiger partial charge in [-0.1, -0.05) is 26.0 Å². The highest BCUT2D eigenvalue weighted by Crippen LogP contribution is 2.12. The first-order valence-corrected chi connectivity index (χ1v) is 5.62. The van der Waals surface area contributed by atoms with Gasteiger partial charge >= 0.3 is 0 Å². The summed E-state index contributed by atoms with van der Waals surface area (Å²) < 4.78 is 0. The highest BCUT2D eigenvalue weighted by molar-refractivity contribution is 5.32. The molecule has 17 heavy (non-hydrogen) atoms. The molecule has 0 radical (unpaired) electrons. The minimum absolute atomic E-state index is 0.0465. The molecule has 94 valence electrons. The maximum atomic E-state index is 10.5. The lowest BCUT2D eigenvalue weighted by atomic mass is 10.1. The fourth-order valence-electron chi connectivity index (χ4n) is 1.50. The van der Waals surface area contributed by atoms with Gasteiger partial charge in [-0.3, -0.25) is 10.1 Å². The minimum atomic E-state index is -0.415. The van der Waals surface area contributed by atoms with Crippen molar-refractivity contribution in [2.45, 2.75) is 26.4 Å². The van der Waals surface area contributed by atoms with Crippen LogP contribution in [-0.4, -0.2) is 22.7 Å². The van der Waals surface area contributed by atoms with E-state index in [0.717, 1.165) is 5.56 Å². The van der Waals surface area contributed by atoms with Crippen LogP contribution >= 0.6 is 0 Å². The highest BCUT2D eigenvalue weighted by Gasteiger charge is 2.11. The van der Waals surface area contributed by atoms with Gasteiger partial charge < -0.3 is 10.4 Å². The third-order valence-corrected chi connectivity index (χ3v) is 2.72. The van der Waals surface area contributed by atoms with Crippen LogP contribution in [0.1, 0.15) is 19.4 Å². The number of nitro groups is 1. The SMILES string of the molecule is CC(C)[C@@H](CO)NCc1ccc([N+](=O)[O-])cc1. The Hall–Kier alpha value is -1.46. The van der Waals surface area contributed by atoms with Crippen molar-refractivity contribution in [3.8, 4) is 0 Å². The molecule has 1 rings (SSSR count). The quantitative estimate of drug-likeness (QED) is 0.584. The Morgan fingerprint density at radius 2 is 1.94 bits per heavy atom. The van der Waals surface area contributed by atoms with Crippen LogP contribution in [0.25, 0.3) is 0 Å². The minimum Gasteiger partial charge on any atom is -0.395 e. The summed E-state index contributed by atoms with van der Waals surface area (Å²) in [6, 6.07) is 6.46. The normalized spacial score (nSPS) is 12.7. The average Bonchev–Trinajstić information content (AvgIpc) is 2.30. The number of hydrogen-bond donors (Lipinski definition) is 2. The molecule has 0 saturated heterocycles. The number of nitrogens with one attached hydrogen (secondary N) is 1. The molecule has 0 unspecified atom stereocenters. The second-order valence-electron chi connectivity index (χ2n) is 4.34. The van der Waals surface area contributed by atoms with Gasteiger partial charge in [-0.2, -0.15) is 0 Å². The van der Waals surface area contributed by atoms with Gasteiger partial charge in [-0.15, -0.1) is 0 Å². The van der Waals surface area contributed by atoms with E-state index >= 15 is 0 Å². The summed E-state index contributed by atoms with van der Waals surface area (Å²) in [5, 5.41) is 22.8. The summed E-state index contributed by atoms with van der Waals surface area (Å²) in [5.41, 5.74) is 1.06. The largest absolute Gasteiger partial charge is 0.395 e. The van der Waals surface area contributed by atoms with E-state index in [2.05, 4.69) is 5.32 Å². The average molecular weight is 238 g/mol. The zero-order valence-electron chi connectivity index (χ0n) is 10.1. The van der Waals surface area contributed by atoms with Crippen LogP contribution in [0, 0.1) is 16.0 Å². The molecule has 0 saturated carbocycles. The van der Waals surface area contributed by atoms with Crippen LogP contribution in [0.5, 0.6) is 0 Å². The second kappa shape index (κ2) is 6.32. The van der Waals surface area contributed by atoms with Crippen LogP contribution in [-0.2, 0) is 6.54 Å². The van der Waals surface area contributed by atoms with Crippen LogP contribution < -0.4 is 5.32 Å². The Kier molecular flexibility index (Phi) is 5.06. The number of nitro benzene ring substituents is 1. The van der Waals surface area contributed by atoms with E-state index in [-0.39, 0.29) is 18.3 Å². The molecule has 0 heterocycles. The van der Waals surface area contributed by atoms with Crippen molar-refractivity contribution >= 4 is 5.69 Å². The fourth-order valence-corrected chi connectivity index (χ4v) is 1.50.